The van der Waals surface area contributed by atoms with E-state index in [4.69, 9.17) is 9.47 Å². The first kappa shape index (κ1) is 13.0. The highest BCUT2D eigenvalue weighted by molar-refractivity contribution is 5.48. The Morgan fingerprint density at radius 1 is 1.30 bits per heavy atom. The maximum absolute atomic E-state index is 10.4. The molecule has 1 unspecified atom stereocenters. The predicted molar refractivity (Wildman–Crippen MR) is 73.9 cm³/mol. The van der Waals surface area contributed by atoms with E-state index >= 15 is 0 Å². The van der Waals surface area contributed by atoms with Crippen LogP contribution in [-0.2, 0) is 13.5 Å². The lowest BCUT2D eigenvalue weighted by atomic mass is 10.0. The van der Waals surface area contributed by atoms with Gasteiger partial charge in [-0.3, -0.25) is 4.68 Å². The van der Waals surface area contributed by atoms with E-state index in [1.807, 2.05) is 36.0 Å². The van der Waals surface area contributed by atoms with Gasteiger partial charge in [-0.15, -0.1) is 0 Å². The molecule has 0 saturated carbocycles. The average Bonchev–Trinajstić information content (AvgIpc) is 2.89. The second-order valence-electron chi connectivity index (χ2n) is 4.87. The van der Waals surface area contributed by atoms with Crippen LogP contribution >= 0.6 is 0 Å². The molecule has 0 amide bonds. The van der Waals surface area contributed by atoms with Gasteiger partial charge in [-0.05, 0) is 25.0 Å². The van der Waals surface area contributed by atoms with E-state index in [-0.39, 0.29) is 0 Å². The van der Waals surface area contributed by atoms with Gasteiger partial charge in [-0.1, -0.05) is 12.1 Å². The highest BCUT2D eigenvalue weighted by atomic mass is 16.6. The normalized spacial score (nSPS) is 15.1. The molecule has 0 saturated heterocycles. The summed E-state index contributed by atoms with van der Waals surface area (Å²) in [5.74, 6) is 1.39. The van der Waals surface area contributed by atoms with Gasteiger partial charge in [0.25, 0.3) is 0 Å². The summed E-state index contributed by atoms with van der Waals surface area (Å²) in [5.41, 5.74) is 1.90. The van der Waals surface area contributed by atoms with Gasteiger partial charge in [-0.25, -0.2) is 0 Å². The van der Waals surface area contributed by atoms with Crippen LogP contribution in [0.2, 0.25) is 0 Å². The van der Waals surface area contributed by atoms with E-state index in [2.05, 4.69) is 5.10 Å². The third-order valence-electron chi connectivity index (χ3n) is 3.55. The van der Waals surface area contributed by atoms with E-state index in [0.717, 1.165) is 17.7 Å². The second kappa shape index (κ2) is 5.54. The van der Waals surface area contributed by atoms with Crippen molar-refractivity contribution in [3.8, 4) is 11.5 Å². The van der Waals surface area contributed by atoms with Gasteiger partial charge in [-0.2, -0.15) is 5.10 Å². The van der Waals surface area contributed by atoms with Gasteiger partial charge >= 0.3 is 0 Å². The van der Waals surface area contributed by atoms with Gasteiger partial charge < -0.3 is 14.6 Å². The SMILES string of the molecule is Cn1nccc1CCC(O)c1cccc2c1OCCO2. The Bertz CT molecular complexity index is 595. The molecule has 20 heavy (non-hydrogen) atoms. The molecule has 1 N–H and O–H groups in total. The Balaban J connectivity index is 1.74. The van der Waals surface area contributed by atoms with Crippen LogP contribution in [0.15, 0.2) is 30.5 Å². The summed E-state index contributed by atoms with van der Waals surface area (Å²) in [6.45, 7) is 1.08. The van der Waals surface area contributed by atoms with Crippen LogP contribution in [0.1, 0.15) is 23.8 Å². The molecule has 1 aromatic carbocycles. The summed E-state index contributed by atoms with van der Waals surface area (Å²) in [4.78, 5) is 0. The molecule has 106 valence electrons. The number of para-hydroxylation sites is 1. The lowest BCUT2D eigenvalue weighted by molar-refractivity contribution is 0.140. The van der Waals surface area contributed by atoms with Gasteiger partial charge in [0.15, 0.2) is 11.5 Å². The van der Waals surface area contributed by atoms with E-state index in [0.29, 0.717) is 31.1 Å². The maximum atomic E-state index is 10.4. The molecular weight excluding hydrogens is 256 g/mol. The summed E-state index contributed by atoms with van der Waals surface area (Å²) < 4.78 is 13.0. The number of aromatic nitrogens is 2. The smallest absolute Gasteiger partial charge is 0.167 e. The van der Waals surface area contributed by atoms with Gasteiger partial charge in [0, 0.05) is 24.5 Å². The van der Waals surface area contributed by atoms with Crippen molar-refractivity contribution in [1.29, 1.82) is 0 Å². The molecule has 1 aromatic heterocycles. The minimum Gasteiger partial charge on any atom is -0.486 e. The Kier molecular flexibility index (Phi) is 3.60. The van der Waals surface area contributed by atoms with Crippen molar-refractivity contribution in [2.24, 2.45) is 7.05 Å². The number of ether oxygens (including phenoxy) is 2. The molecule has 5 nitrogen and oxygen atoms in total. The first-order valence-electron chi connectivity index (χ1n) is 6.79. The fourth-order valence-corrected chi connectivity index (χ4v) is 2.45. The van der Waals surface area contributed by atoms with Gasteiger partial charge in [0.1, 0.15) is 13.2 Å². The lowest BCUT2D eigenvalue weighted by Gasteiger charge is -2.23. The monoisotopic (exact) mass is 274 g/mol. The molecule has 1 atom stereocenters. The molecule has 0 aliphatic carbocycles. The fraction of sp³-hybridized carbons (Fsp3) is 0.400. The number of aliphatic hydroxyl groups is 1. The van der Waals surface area contributed by atoms with Crippen LogP contribution in [-0.4, -0.2) is 28.1 Å². The molecule has 1 aliphatic heterocycles. The van der Waals surface area contributed by atoms with E-state index in [1.165, 1.54) is 0 Å². The molecule has 1 aliphatic rings. The number of rotatable bonds is 4. The Labute approximate surface area is 117 Å². The fourth-order valence-electron chi connectivity index (χ4n) is 2.45. The minimum atomic E-state index is -0.568. The largest absolute Gasteiger partial charge is 0.486 e. The Hall–Kier alpha value is -2.01. The molecule has 2 heterocycles. The van der Waals surface area contributed by atoms with Crippen LogP contribution in [0, 0.1) is 0 Å². The molecule has 0 radical (unpaired) electrons. The quantitative estimate of drug-likeness (QED) is 0.924. The second-order valence-corrected chi connectivity index (χ2v) is 4.87. The number of hydrogen-bond donors (Lipinski definition) is 1. The zero-order valence-corrected chi connectivity index (χ0v) is 11.5. The number of hydrogen-bond acceptors (Lipinski definition) is 4. The first-order valence-corrected chi connectivity index (χ1v) is 6.79. The van der Waals surface area contributed by atoms with Crippen LogP contribution in [0.3, 0.4) is 0 Å². The molecular formula is C15H18N2O3. The maximum Gasteiger partial charge on any atom is 0.167 e. The van der Waals surface area contributed by atoms with Crippen molar-refractivity contribution in [2.45, 2.75) is 18.9 Å². The number of benzene rings is 1. The third-order valence-corrected chi connectivity index (χ3v) is 3.55. The number of aliphatic hydroxyl groups excluding tert-OH is 1. The Morgan fingerprint density at radius 2 is 2.15 bits per heavy atom. The minimum absolute atomic E-state index is 0.526. The Morgan fingerprint density at radius 3 is 2.95 bits per heavy atom. The summed E-state index contributed by atoms with van der Waals surface area (Å²) in [6, 6.07) is 7.61. The van der Waals surface area contributed by atoms with Crippen molar-refractivity contribution in [2.75, 3.05) is 13.2 Å². The number of nitrogens with zero attached hydrogens (tertiary/aromatic N) is 2. The van der Waals surface area contributed by atoms with Crippen LogP contribution in [0.5, 0.6) is 11.5 Å². The zero-order chi connectivity index (χ0) is 13.9. The standard InChI is InChI=1S/C15H18N2O3/c1-17-11(7-8-16-17)5-6-13(18)12-3-2-4-14-15(12)20-10-9-19-14/h2-4,7-8,13,18H,5-6,9-10H2,1H3. The van der Waals surface area contributed by atoms with Gasteiger partial charge in [0.05, 0.1) is 6.10 Å². The van der Waals surface area contributed by atoms with E-state index < -0.39 is 6.10 Å². The molecule has 0 spiro atoms. The van der Waals surface area contributed by atoms with Gasteiger partial charge in [0.2, 0.25) is 0 Å². The zero-order valence-electron chi connectivity index (χ0n) is 11.5. The lowest BCUT2D eigenvalue weighted by Crippen LogP contribution is -2.17. The van der Waals surface area contributed by atoms with E-state index in [1.54, 1.807) is 6.20 Å². The number of aryl methyl sites for hydroxylation is 2. The third kappa shape index (κ3) is 2.49. The van der Waals surface area contributed by atoms with Crippen molar-refractivity contribution in [3.63, 3.8) is 0 Å². The summed E-state index contributed by atoms with van der Waals surface area (Å²) >= 11 is 0. The van der Waals surface area contributed by atoms with Crippen molar-refractivity contribution >= 4 is 0 Å². The molecule has 0 bridgehead atoms. The predicted octanol–water partition coefficient (Wildman–Crippen LogP) is 1.86. The van der Waals surface area contributed by atoms with Crippen LogP contribution in [0.4, 0.5) is 0 Å². The van der Waals surface area contributed by atoms with Crippen molar-refractivity contribution < 1.29 is 14.6 Å². The van der Waals surface area contributed by atoms with Crippen molar-refractivity contribution in [3.05, 3.63) is 41.7 Å². The molecule has 0 fully saturated rings. The first-order chi connectivity index (χ1) is 9.75. The molecule has 2 aromatic rings. The van der Waals surface area contributed by atoms with Crippen LogP contribution < -0.4 is 9.47 Å². The average molecular weight is 274 g/mol. The highest BCUT2D eigenvalue weighted by Crippen LogP contribution is 2.38. The molecule has 3 rings (SSSR count). The summed E-state index contributed by atoms with van der Waals surface area (Å²) in [5, 5.41) is 14.5. The highest BCUT2D eigenvalue weighted by Gasteiger charge is 2.20. The van der Waals surface area contributed by atoms with Crippen molar-refractivity contribution in [1.82, 2.24) is 9.78 Å². The van der Waals surface area contributed by atoms with E-state index in [9.17, 15) is 5.11 Å². The van der Waals surface area contributed by atoms with Crippen LogP contribution in [0.25, 0.3) is 0 Å². The number of fused-ring (bicyclic) bond motifs is 1. The summed E-state index contributed by atoms with van der Waals surface area (Å²) in [6.07, 6.45) is 2.59. The molecule has 5 heteroatoms. The summed E-state index contributed by atoms with van der Waals surface area (Å²) in [7, 11) is 1.91. The topological polar surface area (TPSA) is 56.5 Å².